The number of methoxy groups -OCH3 is 1. The highest BCUT2D eigenvalue weighted by molar-refractivity contribution is 5.69. The molecule has 5 rings (SSSR count). The standard InChI is InChI=1S/C33H44N10O4/c1-24(18-36-23-37-22-35)47-31-16-25(4-5-26(31)17-34)27-19-38-33(39-20-27)40-30-21-43(41-32(30)46-13-3-12-44-2)29-8-6-28(7-9-29)42-10-14-45-15-11-42/h4-5,16,19-24,28-29H,3,6-15,18H2,1-2H3,(H2,35,36,37)(H,38,39,40)/t24-,28?,29?/m0/s1. The minimum atomic E-state index is -0.281. The second-order valence-corrected chi connectivity index (χ2v) is 11.6. The number of morpholine rings is 1. The van der Waals surface area contributed by atoms with Gasteiger partial charge in [-0.3, -0.25) is 14.6 Å². The SMILES string of the molecule is COCCCOc1nn(C2CCC(N3CCOCC3)CC2)cc1Nc1ncc(-c2ccc(C#N)c(O[C@@H](C)CN=CN=CN)c2)cn1. The van der Waals surface area contributed by atoms with Crippen molar-refractivity contribution in [2.75, 3.05) is 58.5 Å². The molecule has 3 aromatic rings. The highest BCUT2D eigenvalue weighted by Gasteiger charge is 2.29. The Balaban J connectivity index is 1.26. The molecule has 0 unspecified atom stereocenters. The predicted octanol–water partition coefficient (Wildman–Crippen LogP) is 3.97. The van der Waals surface area contributed by atoms with Gasteiger partial charge in [0.05, 0.1) is 50.5 Å². The third-order valence-corrected chi connectivity index (χ3v) is 8.29. The molecule has 1 saturated heterocycles. The van der Waals surface area contributed by atoms with Gasteiger partial charge in [0.2, 0.25) is 5.95 Å². The first-order valence-corrected chi connectivity index (χ1v) is 16.1. The molecular weight excluding hydrogens is 600 g/mol. The van der Waals surface area contributed by atoms with Gasteiger partial charge in [-0.2, -0.15) is 5.26 Å². The minimum Gasteiger partial charge on any atom is -0.487 e. The number of anilines is 2. The van der Waals surface area contributed by atoms with E-state index in [2.05, 4.69) is 36.2 Å². The number of benzene rings is 1. The van der Waals surface area contributed by atoms with Crippen molar-refractivity contribution >= 4 is 24.3 Å². The quantitative estimate of drug-likeness (QED) is 0.139. The molecule has 2 aliphatic rings. The average Bonchev–Trinajstić information content (AvgIpc) is 3.51. The molecule has 2 fully saturated rings. The Hall–Kier alpha value is -4.58. The summed E-state index contributed by atoms with van der Waals surface area (Å²) in [6.07, 6.45) is 12.9. The molecule has 1 atom stereocenters. The fourth-order valence-corrected chi connectivity index (χ4v) is 5.85. The van der Waals surface area contributed by atoms with Crippen molar-refractivity contribution in [1.29, 1.82) is 5.26 Å². The fourth-order valence-electron chi connectivity index (χ4n) is 5.85. The van der Waals surface area contributed by atoms with E-state index in [0.717, 1.165) is 75.9 Å². The second kappa shape index (κ2) is 17.4. The van der Waals surface area contributed by atoms with E-state index >= 15 is 0 Å². The third-order valence-electron chi connectivity index (χ3n) is 8.29. The second-order valence-electron chi connectivity index (χ2n) is 11.6. The average molecular weight is 645 g/mol. The van der Waals surface area contributed by atoms with E-state index in [4.69, 9.17) is 29.8 Å². The number of ether oxygens (including phenoxy) is 4. The smallest absolute Gasteiger partial charge is 0.256 e. The zero-order valence-corrected chi connectivity index (χ0v) is 27.1. The number of nitrogens with zero attached hydrogens (tertiary/aromatic N) is 8. The van der Waals surface area contributed by atoms with E-state index in [1.807, 2.05) is 29.9 Å². The van der Waals surface area contributed by atoms with Gasteiger partial charge in [-0.15, -0.1) is 5.10 Å². The summed E-state index contributed by atoms with van der Waals surface area (Å²) in [6, 6.07) is 8.48. The van der Waals surface area contributed by atoms with Crippen LogP contribution in [0, 0.1) is 11.3 Å². The molecule has 14 heteroatoms. The van der Waals surface area contributed by atoms with E-state index in [0.29, 0.717) is 60.7 Å². The Kier molecular flexibility index (Phi) is 12.5. The van der Waals surface area contributed by atoms with Crippen molar-refractivity contribution in [1.82, 2.24) is 24.6 Å². The molecule has 2 aromatic heterocycles. The number of hydrogen-bond donors (Lipinski definition) is 2. The van der Waals surface area contributed by atoms with Gasteiger partial charge in [-0.1, -0.05) is 6.07 Å². The van der Waals surface area contributed by atoms with Crippen LogP contribution in [0.4, 0.5) is 11.6 Å². The zero-order valence-electron chi connectivity index (χ0n) is 27.1. The maximum absolute atomic E-state index is 9.61. The Morgan fingerprint density at radius 1 is 1.13 bits per heavy atom. The Morgan fingerprint density at radius 2 is 1.89 bits per heavy atom. The number of rotatable bonds is 15. The molecule has 0 amide bonds. The van der Waals surface area contributed by atoms with Crippen molar-refractivity contribution in [2.45, 2.75) is 57.2 Å². The summed E-state index contributed by atoms with van der Waals surface area (Å²) in [4.78, 5) is 19.6. The fraction of sp³-hybridized carbons (Fsp3) is 0.515. The molecule has 0 radical (unpaired) electrons. The first-order chi connectivity index (χ1) is 23.1. The maximum atomic E-state index is 9.61. The van der Waals surface area contributed by atoms with Gasteiger partial charge in [-0.25, -0.2) is 15.0 Å². The van der Waals surface area contributed by atoms with Crippen LogP contribution >= 0.6 is 0 Å². The summed E-state index contributed by atoms with van der Waals surface area (Å²) in [6.45, 7) is 7.01. The highest BCUT2D eigenvalue weighted by Crippen LogP contribution is 2.35. The van der Waals surface area contributed by atoms with Gasteiger partial charge in [-0.05, 0) is 50.3 Å². The van der Waals surface area contributed by atoms with E-state index in [1.54, 1.807) is 25.6 Å². The summed E-state index contributed by atoms with van der Waals surface area (Å²) >= 11 is 0. The summed E-state index contributed by atoms with van der Waals surface area (Å²) in [5.41, 5.74) is 7.96. The summed E-state index contributed by atoms with van der Waals surface area (Å²) in [5.74, 6) is 1.40. The van der Waals surface area contributed by atoms with E-state index in [1.165, 1.54) is 6.34 Å². The molecule has 1 aliphatic heterocycles. The van der Waals surface area contributed by atoms with Crippen molar-refractivity contribution in [3.63, 3.8) is 0 Å². The van der Waals surface area contributed by atoms with Crippen LogP contribution in [0.15, 0.2) is 46.8 Å². The first-order valence-electron chi connectivity index (χ1n) is 16.1. The van der Waals surface area contributed by atoms with E-state index < -0.39 is 0 Å². The minimum absolute atomic E-state index is 0.281. The summed E-state index contributed by atoms with van der Waals surface area (Å²) in [5, 5.41) is 17.8. The lowest BCUT2D eigenvalue weighted by Crippen LogP contribution is -2.45. The lowest BCUT2D eigenvalue weighted by atomic mass is 9.90. The molecule has 1 aliphatic carbocycles. The van der Waals surface area contributed by atoms with Gasteiger partial charge >= 0.3 is 0 Å². The maximum Gasteiger partial charge on any atom is 0.256 e. The van der Waals surface area contributed by atoms with Crippen molar-refractivity contribution in [3.8, 4) is 28.8 Å². The highest BCUT2D eigenvalue weighted by atomic mass is 16.5. The number of nitrogens with one attached hydrogen (secondary N) is 1. The van der Waals surface area contributed by atoms with Crippen LogP contribution in [0.25, 0.3) is 11.1 Å². The number of hydrogen-bond acceptors (Lipinski definition) is 11. The first kappa shape index (κ1) is 33.8. The van der Waals surface area contributed by atoms with E-state index in [-0.39, 0.29) is 6.10 Å². The van der Waals surface area contributed by atoms with Gasteiger partial charge in [0.15, 0.2) is 0 Å². The number of aliphatic imine (C=N–C) groups is 2. The largest absolute Gasteiger partial charge is 0.487 e. The van der Waals surface area contributed by atoms with Crippen molar-refractivity contribution in [2.24, 2.45) is 15.7 Å². The molecule has 47 heavy (non-hydrogen) atoms. The predicted molar refractivity (Wildman–Crippen MR) is 179 cm³/mol. The van der Waals surface area contributed by atoms with Gasteiger partial charge in [0, 0.05) is 57.2 Å². The van der Waals surface area contributed by atoms with Crippen LogP contribution < -0.4 is 20.5 Å². The van der Waals surface area contributed by atoms with Gasteiger partial charge in [0.25, 0.3) is 5.88 Å². The van der Waals surface area contributed by atoms with Crippen LogP contribution in [0.5, 0.6) is 11.6 Å². The normalized spacial score (nSPS) is 19.5. The van der Waals surface area contributed by atoms with Gasteiger partial charge < -0.3 is 30.0 Å². The molecular formula is C33H44N10O4. The van der Waals surface area contributed by atoms with Crippen LogP contribution in [-0.2, 0) is 9.47 Å². The molecule has 3 N–H and O–H groups in total. The third kappa shape index (κ3) is 9.47. The van der Waals surface area contributed by atoms with Crippen molar-refractivity contribution < 1.29 is 18.9 Å². The Bertz CT molecular complexity index is 1510. The Morgan fingerprint density at radius 3 is 2.62 bits per heavy atom. The summed E-state index contributed by atoms with van der Waals surface area (Å²) in [7, 11) is 1.68. The Labute approximate surface area is 275 Å². The number of nitriles is 1. The number of nitrogens with two attached hydrogens (primary N) is 1. The van der Waals surface area contributed by atoms with Crippen LogP contribution in [0.3, 0.4) is 0 Å². The summed E-state index contributed by atoms with van der Waals surface area (Å²) < 4.78 is 24.9. The topological polar surface area (TPSA) is 170 Å². The lowest BCUT2D eigenvalue weighted by Gasteiger charge is -2.38. The molecule has 0 spiro atoms. The molecule has 1 saturated carbocycles. The molecule has 0 bridgehead atoms. The zero-order chi connectivity index (χ0) is 32.8. The lowest BCUT2D eigenvalue weighted by molar-refractivity contribution is 0.00503. The van der Waals surface area contributed by atoms with Crippen LogP contribution in [0.1, 0.15) is 50.6 Å². The van der Waals surface area contributed by atoms with E-state index in [9.17, 15) is 5.26 Å². The van der Waals surface area contributed by atoms with Crippen LogP contribution in [-0.4, -0.2) is 103 Å². The molecule has 3 heterocycles. The van der Waals surface area contributed by atoms with Gasteiger partial charge in [0.1, 0.15) is 29.9 Å². The van der Waals surface area contributed by atoms with Crippen molar-refractivity contribution in [3.05, 3.63) is 42.4 Å². The molecule has 1 aromatic carbocycles. The number of aromatic nitrogens is 4. The monoisotopic (exact) mass is 644 g/mol. The van der Waals surface area contributed by atoms with Crippen LogP contribution in [0.2, 0.25) is 0 Å². The molecule has 14 nitrogen and oxygen atoms in total. The molecule has 250 valence electrons.